The molecule has 0 aliphatic carbocycles. The highest BCUT2D eigenvalue weighted by atomic mass is 32.1. The maximum absolute atomic E-state index is 12.1. The molecule has 0 bridgehead atoms. The van der Waals surface area contributed by atoms with E-state index in [9.17, 15) is 14.7 Å². The maximum atomic E-state index is 12.1. The molecule has 0 saturated heterocycles. The number of amides is 1. The smallest absolute Gasteiger partial charge is 0.322 e. The SMILES string of the molecule is O=C(O)CNC(=O)c1nc(-c2ccccc2)c2ccsc2c1O. The number of aromatic hydroxyl groups is 1. The highest BCUT2D eigenvalue weighted by Gasteiger charge is 2.21. The molecule has 0 atom stereocenters. The van der Waals surface area contributed by atoms with Crippen molar-refractivity contribution in [1.29, 1.82) is 0 Å². The Kier molecular flexibility index (Phi) is 3.94. The largest absolute Gasteiger partial charge is 0.504 e. The minimum absolute atomic E-state index is 0.181. The maximum Gasteiger partial charge on any atom is 0.322 e. The Balaban J connectivity index is 2.14. The van der Waals surface area contributed by atoms with Crippen molar-refractivity contribution >= 4 is 33.3 Å². The molecule has 3 rings (SSSR count). The fraction of sp³-hybridized carbons (Fsp3) is 0.0625. The first kappa shape index (κ1) is 15.0. The monoisotopic (exact) mass is 328 g/mol. The highest BCUT2D eigenvalue weighted by Crippen LogP contribution is 2.37. The fourth-order valence-corrected chi connectivity index (χ4v) is 3.07. The van der Waals surface area contributed by atoms with Crippen LogP contribution in [0.3, 0.4) is 0 Å². The van der Waals surface area contributed by atoms with Gasteiger partial charge in [0, 0.05) is 10.9 Å². The van der Waals surface area contributed by atoms with Gasteiger partial charge in [0.05, 0.1) is 10.4 Å². The van der Waals surface area contributed by atoms with E-state index in [4.69, 9.17) is 5.11 Å². The zero-order valence-corrected chi connectivity index (χ0v) is 12.6. The van der Waals surface area contributed by atoms with Crippen molar-refractivity contribution in [2.24, 2.45) is 0 Å². The van der Waals surface area contributed by atoms with E-state index in [2.05, 4.69) is 10.3 Å². The Labute approximate surface area is 135 Å². The number of carboxylic acids is 1. The second-order valence-corrected chi connectivity index (χ2v) is 5.68. The third kappa shape index (κ3) is 2.86. The normalized spacial score (nSPS) is 10.6. The third-order valence-corrected chi connectivity index (χ3v) is 4.17. The highest BCUT2D eigenvalue weighted by molar-refractivity contribution is 7.17. The summed E-state index contributed by atoms with van der Waals surface area (Å²) in [6.45, 7) is -0.539. The molecule has 0 spiro atoms. The lowest BCUT2D eigenvalue weighted by molar-refractivity contribution is -0.135. The first-order valence-corrected chi connectivity index (χ1v) is 7.61. The van der Waals surface area contributed by atoms with Crippen molar-refractivity contribution < 1.29 is 19.8 Å². The Bertz CT molecular complexity index is 890. The Hall–Kier alpha value is -2.93. The van der Waals surface area contributed by atoms with Crippen LogP contribution in [0.2, 0.25) is 0 Å². The second kappa shape index (κ2) is 6.05. The van der Waals surface area contributed by atoms with Gasteiger partial charge >= 0.3 is 5.97 Å². The van der Waals surface area contributed by atoms with E-state index < -0.39 is 18.4 Å². The molecular weight excluding hydrogens is 316 g/mol. The lowest BCUT2D eigenvalue weighted by atomic mass is 10.1. The van der Waals surface area contributed by atoms with E-state index in [0.717, 1.165) is 10.9 Å². The van der Waals surface area contributed by atoms with Crippen LogP contribution in [0.4, 0.5) is 0 Å². The predicted molar refractivity (Wildman–Crippen MR) is 86.7 cm³/mol. The third-order valence-electron chi connectivity index (χ3n) is 3.25. The lowest BCUT2D eigenvalue weighted by Gasteiger charge is -2.09. The van der Waals surface area contributed by atoms with Gasteiger partial charge in [0.2, 0.25) is 0 Å². The van der Waals surface area contributed by atoms with Crippen LogP contribution < -0.4 is 5.32 Å². The van der Waals surface area contributed by atoms with E-state index in [0.29, 0.717) is 10.4 Å². The van der Waals surface area contributed by atoms with Crippen LogP contribution in [0.15, 0.2) is 41.8 Å². The van der Waals surface area contributed by atoms with Gasteiger partial charge in [0.15, 0.2) is 11.4 Å². The van der Waals surface area contributed by atoms with E-state index in [-0.39, 0.29) is 11.4 Å². The number of hydrogen-bond acceptors (Lipinski definition) is 5. The van der Waals surface area contributed by atoms with Crippen LogP contribution in [0.25, 0.3) is 21.3 Å². The number of rotatable bonds is 4. The molecule has 1 amide bonds. The summed E-state index contributed by atoms with van der Waals surface area (Å²) in [4.78, 5) is 27.0. The molecule has 0 aliphatic heterocycles. The number of hydrogen-bond donors (Lipinski definition) is 3. The molecule has 3 N–H and O–H groups in total. The minimum Gasteiger partial charge on any atom is -0.504 e. The number of pyridine rings is 1. The summed E-state index contributed by atoms with van der Waals surface area (Å²) < 4.78 is 0.541. The number of carbonyl (C=O) groups is 2. The van der Waals surface area contributed by atoms with Crippen molar-refractivity contribution in [3.63, 3.8) is 0 Å². The molecule has 0 radical (unpaired) electrons. The number of carbonyl (C=O) groups excluding carboxylic acids is 1. The second-order valence-electron chi connectivity index (χ2n) is 4.76. The van der Waals surface area contributed by atoms with Crippen LogP contribution in [-0.4, -0.2) is 33.6 Å². The number of aliphatic carboxylic acids is 1. The van der Waals surface area contributed by atoms with Gasteiger partial charge in [0.1, 0.15) is 6.54 Å². The molecule has 6 nitrogen and oxygen atoms in total. The van der Waals surface area contributed by atoms with Crippen molar-refractivity contribution in [3.05, 3.63) is 47.5 Å². The number of nitrogens with zero attached hydrogens (tertiary/aromatic N) is 1. The number of fused-ring (bicyclic) bond motifs is 1. The quantitative estimate of drug-likeness (QED) is 0.683. The van der Waals surface area contributed by atoms with E-state index in [1.807, 2.05) is 36.4 Å². The summed E-state index contributed by atoms with van der Waals surface area (Å²) >= 11 is 1.29. The number of thiophene rings is 1. The van der Waals surface area contributed by atoms with Gasteiger partial charge in [-0.15, -0.1) is 11.3 Å². The minimum atomic E-state index is -1.17. The fourth-order valence-electron chi connectivity index (χ4n) is 2.23. The molecule has 0 unspecified atom stereocenters. The molecule has 2 heterocycles. The van der Waals surface area contributed by atoms with Crippen LogP contribution >= 0.6 is 11.3 Å². The molecule has 116 valence electrons. The van der Waals surface area contributed by atoms with Gasteiger partial charge in [-0.3, -0.25) is 9.59 Å². The lowest BCUT2D eigenvalue weighted by Crippen LogP contribution is -2.30. The number of aromatic nitrogens is 1. The van der Waals surface area contributed by atoms with Crippen LogP contribution in [-0.2, 0) is 4.79 Å². The average molecular weight is 328 g/mol. The predicted octanol–water partition coefficient (Wildman–Crippen LogP) is 2.48. The summed E-state index contributed by atoms with van der Waals surface area (Å²) in [5.74, 6) is -2.13. The van der Waals surface area contributed by atoms with Gasteiger partial charge in [-0.2, -0.15) is 0 Å². The van der Waals surface area contributed by atoms with Crippen LogP contribution in [0.5, 0.6) is 5.75 Å². The standard InChI is InChI=1S/C16H12N2O4S/c19-11(20)8-17-16(22)13-14(21)15-10(6-7-23-15)12(18-13)9-4-2-1-3-5-9/h1-7,21H,8H2,(H,17,22)(H,19,20). The van der Waals surface area contributed by atoms with Gasteiger partial charge in [-0.1, -0.05) is 30.3 Å². The molecule has 23 heavy (non-hydrogen) atoms. The summed E-state index contributed by atoms with van der Waals surface area (Å²) in [7, 11) is 0. The molecular formula is C16H12N2O4S. The summed E-state index contributed by atoms with van der Waals surface area (Å²) in [5, 5.41) is 23.7. The first-order valence-electron chi connectivity index (χ1n) is 6.73. The molecule has 1 aromatic carbocycles. The van der Waals surface area contributed by atoms with Crippen molar-refractivity contribution in [3.8, 4) is 17.0 Å². The van der Waals surface area contributed by atoms with Crippen LogP contribution in [0.1, 0.15) is 10.5 Å². The molecule has 2 aromatic heterocycles. The van der Waals surface area contributed by atoms with E-state index in [1.165, 1.54) is 11.3 Å². The van der Waals surface area contributed by atoms with Crippen molar-refractivity contribution in [1.82, 2.24) is 10.3 Å². The zero-order valence-electron chi connectivity index (χ0n) is 11.8. The number of nitrogens with one attached hydrogen (secondary N) is 1. The molecule has 0 aliphatic rings. The topological polar surface area (TPSA) is 99.5 Å². The molecule has 7 heteroatoms. The Morgan fingerprint density at radius 3 is 2.61 bits per heavy atom. The Morgan fingerprint density at radius 1 is 1.17 bits per heavy atom. The summed E-state index contributed by atoms with van der Waals surface area (Å²) in [5.41, 5.74) is 1.20. The first-order chi connectivity index (χ1) is 11.1. The average Bonchev–Trinajstić information content (AvgIpc) is 3.04. The van der Waals surface area contributed by atoms with Gasteiger partial charge in [0.25, 0.3) is 5.91 Å². The molecule has 0 fully saturated rings. The molecule has 0 saturated carbocycles. The van der Waals surface area contributed by atoms with Gasteiger partial charge in [-0.25, -0.2) is 4.98 Å². The van der Waals surface area contributed by atoms with Gasteiger partial charge in [-0.05, 0) is 11.4 Å². The van der Waals surface area contributed by atoms with Crippen LogP contribution in [0, 0.1) is 0 Å². The summed E-state index contributed by atoms with van der Waals surface area (Å²) in [6.07, 6.45) is 0. The number of carboxylic acid groups (broad SMARTS) is 1. The van der Waals surface area contributed by atoms with Crippen molar-refractivity contribution in [2.75, 3.05) is 6.54 Å². The molecule has 3 aromatic rings. The van der Waals surface area contributed by atoms with Gasteiger partial charge < -0.3 is 15.5 Å². The van der Waals surface area contributed by atoms with E-state index >= 15 is 0 Å². The zero-order chi connectivity index (χ0) is 16.4. The Morgan fingerprint density at radius 2 is 1.91 bits per heavy atom. The number of benzene rings is 1. The van der Waals surface area contributed by atoms with Crippen molar-refractivity contribution in [2.45, 2.75) is 0 Å². The summed E-state index contributed by atoms with van der Waals surface area (Å²) in [6, 6.07) is 11.1. The van der Waals surface area contributed by atoms with E-state index in [1.54, 1.807) is 5.38 Å².